The molecule has 0 saturated heterocycles. The van der Waals surface area contributed by atoms with Crippen LogP contribution in [-0.2, 0) is 4.79 Å². The quantitative estimate of drug-likeness (QED) is 0.721. The summed E-state index contributed by atoms with van der Waals surface area (Å²) in [6.07, 6.45) is 0.480. The Morgan fingerprint density at radius 2 is 1.84 bits per heavy atom. The van der Waals surface area contributed by atoms with Gasteiger partial charge in [-0.2, -0.15) is 5.10 Å². The van der Waals surface area contributed by atoms with Crippen molar-refractivity contribution >= 4 is 29.3 Å². The number of benzene rings is 2. The number of methoxy groups -OCH3 is 1. The molecule has 0 aromatic heterocycles. The average Bonchev–Trinajstić information content (AvgIpc) is 3.18. The van der Waals surface area contributed by atoms with Crippen molar-refractivity contribution in [1.29, 1.82) is 0 Å². The van der Waals surface area contributed by atoms with Crippen molar-refractivity contribution in [2.75, 3.05) is 20.7 Å². The second-order valence-electron chi connectivity index (χ2n) is 8.76. The molecule has 2 aromatic rings. The maximum Gasteiger partial charge on any atom is 0.318 e. The van der Waals surface area contributed by atoms with Crippen LogP contribution in [0.15, 0.2) is 53.6 Å². The molecule has 0 unspecified atom stereocenters. The van der Waals surface area contributed by atoms with E-state index in [0.717, 1.165) is 11.1 Å². The molecule has 1 heterocycles. The summed E-state index contributed by atoms with van der Waals surface area (Å²) >= 11 is 6.40. The Balaban J connectivity index is 1.91. The molecule has 0 fully saturated rings. The van der Waals surface area contributed by atoms with Crippen molar-refractivity contribution in [2.45, 2.75) is 38.8 Å². The van der Waals surface area contributed by atoms with Gasteiger partial charge < -0.3 is 15.0 Å². The largest absolute Gasteiger partial charge is 0.496 e. The minimum Gasteiger partial charge on any atom is -0.496 e. The van der Waals surface area contributed by atoms with Crippen LogP contribution in [0.5, 0.6) is 5.75 Å². The number of likely N-dealkylation sites (N-methyl/N-ethyl adjacent to an activating group) is 1. The third-order valence-corrected chi connectivity index (χ3v) is 5.38. The molecule has 1 N–H and O–H groups in total. The summed E-state index contributed by atoms with van der Waals surface area (Å²) in [6.45, 7) is 5.55. The number of urea groups is 1. The summed E-state index contributed by atoms with van der Waals surface area (Å²) < 4.78 is 5.54. The van der Waals surface area contributed by atoms with E-state index >= 15 is 0 Å². The number of hydrazone groups is 1. The predicted molar refractivity (Wildman–Crippen MR) is 126 cm³/mol. The first-order chi connectivity index (χ1) is 15.1. The average molecular weight is 457 g/mol. The van der Waals surface area contributed by atoms with Crippen molar-refractivity contribution in [2.24, 2.45) is 5.10 Å². The topological polar surface area (TPSA) is 74.2 Å². The number of para-hydroxylation sites is 1. The number of hydrogen-bond donors (Lipinski definition) is 1. The van der Waals surface area contributed by atoms with Gasteiger partial charge in [-0.1, -0.05) is 48.0 Å². The van der Waals surface area contributed by atoms with Crippen molar-refractivity contribution in [3.63, 3.8) is 0 Å². The molecular weight excluding hydrogens is 428 g/mol. The summed E-state index contributed by atoms with van der Waals surface area (Å²) in [7, 11) is 3.19. The third-order valence-electron chi connectivity index (χ3n) is 5.05. The van der Waals surface area contributed by atoms with Crippen molar-refractivity contribution in [3.05, 3.63) is 64.7 Å². The van der Waals surface area contributed by atoms with Crippen LogP contribution in [0, 0.1) is 0 Å². The summed E-state index contributed by atoms with van der Waals surface area (Å²) in [5.41, 5.74) is 1.93. The Kier molecular flexibility index (Phi) is 7.09. The summed E-state index contributed by atoms with van der Waals surface area (Å²) in [6, 6.07) is 14.3. The van der Waals surface area contributed by atoms with Crippen LogP contribution in [0.3, 0.4) is 0 Å². The number of hydrogen-bond acceptors (Lipinski definition) is 4. The third kappa shape index (κ3) is 5.40. The molecule has 1 aliphatic heterocycles. The predicted octanol–water partition coefficient (Wildman–Crippen LogP) is 4.47. The van der Waals surface area contributed by atoms with E-state index in [9.17, 15) is 9.59 Å². The number of rotatable bonds is 5. The monoisotopic (exact) mass is 456 g/mol. The number of nitrogens with one attached hydrogen (secondary N) is 1. The van der Waals surface area contributed by atoms with Gasteiger partial charge in [-0.3, -0.25) is 4.79 Å². The number of amides is 3. The SMILES string of the molecule is COc1ccccc1[C@H]1CC(c2ccccc2Cl)=NN1C(=O)CN(C)C(=O)NC(C)(C)C. The molecule has 0 bridgehead atoms. The second-order valence-corrected chi connectivity index (χ2v) is 9.17. The van der Waals surface area contributed by atoms with Gasteiger partial charge in [0.1, 0.15) is 12.3 Å². The zero-order chi connectivity index (χ0) is 23.5. The Hall–Kier alpha value is -3.06. The molecule has 8 heteroatoms. The van der Waals surface area contributed by atoms with E-state index in [1.807, 2.05) is 63.2 Å². The number of carbonyl (C=O) groups excluding carboxylic acids is 2. The van der Waals surface area contributed by atoms with Crippen molar-refractivity contribution in [3.8, 4) is 5.75 Å². The molecule has 32 heavy (non-hydrogen) atoms. The van der Waals surface area contributed by atoms with Gasteiger partial charge in [0.05, 0.1) is 18.9 Å². The first-order valence-corrected chi connectivity index (χ1v) is 10.8. The molecule has 2 aromatic carbocycles. The molecule has 3 rings (SSSR count). The molecular formula is C24H29ClN4O3. The lowest BCUT2D eigenvalue weighted by atomic mass is 9.97. The van der Waals surface area contributed by atoms with Gasteiger partial charge in [-0.25, -0.2) is 9.80 Å². The Bertz CT molecular complexity index is 1030. The minimum atomic E-state index is -0.405. The number of ether oxygens (including phenoxy) is 1. The first-order valence-electron chi connectivity index (χ1n) is 10.4. The van der Waals surface area contributed by atoms with Crippen LogP contribution < -0.4 is 10.1 Å². The van der Waals surface area contributed by atoms with E-state index in [4.69, 9.17) is 16.3 Å². The fourth-order valence-corrected chi connectivity index (χ4v) is 3.79. The molecule has 3 amide bonds. The van der Waals surface area contributed by atoms with E-state index in [-0.39, 0.29) is 24.5 Å². The van der Waals surface area contributed by atoms with Gasteiger partial charge in [0.2, 0.25) is 0 Å². The number of carbonyl (C=O) groups is 2. The minimum absolute atomic E-state index is 0.118. The van der Waals surface area contributed by atoms with Crippen LogP contribution in [0.4, 0.5) is 4.79 Å². The highest BCUT2D eigenvalue weighted by Crippen LogP contribution is 2.38. The summed E-state index contributed by atoms with van der Waals surface area (Å²) in [5, 5.41) is 9.51. The molecule has 7 nitrogen and oxygen atoms in total. The fourth-order valence-electron chi connectivity index (χ4n) is 3.55. The maximum atomic E-state index is 13.3. The molecule has 0 spiro atoms. The summed E-state index contributed by atoms with van der Waals surface area (Å²) in [5.74, 6) is 0.374. The second kappa shape index (κ2) is 9.61. The first kappa shape index (κ1) is 23.6. The van der Waals surface area contributed by atoms with Gasteiger partial charge in [-0.05, 0) is 32.9 Å². The normalized spacial score (nSPS) is 15.9. The Labute approximate surface area is 194 Å². The van der Waals surface area contributed by atoms with Crippen LogP contribution in [-0.4, -0.2) is 53.8 Å². The van der Waals surface area contributed by atoms with Gasteiger partial charge in [-0.15, -0.1) is 0 Å². The van der Waals surface area contributed by atoms with Crippen LogP contribution in [0.2, 0.25) is 5.02 Å². The highest BCUT2D eigenvalue weighted by Gasteiger charge is 2.36. The standard InChI is InChI=1S/C24H29ClN4O3/c1-24(2,3)26-23(31)28(4)15-22(30)29-20(17-11-7-9-13-21(17)32-5)14-19(27-29)16-10-6-8-12-18(16)25/h6-13,20H,14-15H2,1-5H3,(H,26,31)/t20-/m1/s1. The van der Waals surface area contributed by atoms with E-state index in [1.54, 1.807) is 20.2 Å². The Morgan fingerprint density at radius 3 is 2.50 bits per heavy atom. The molecule has 0 aliphatic carbocycles. The fraction of sp³-hybridized carbons (Fsp3) is 0.375. The molecule has 1 aliphatic rings. The van der Waals surface area contributed by atoms with Gasteiger partial charge in [0.15, 0.2) is 0 Å². The van der Waals surface area contributed by atoms with Gasteiger partial charge in [0, 0.05) is 35.2 Å². The highest BCUT2D eigenvalue weighted by atomic mass is 35.5. The lowest BCUT2D eigenvalue weighted by Crippen LogP contribution is -2.49. The lowest BCUT2D eigenvalue weighted by molar-refractivity contribution is -0.133. The van der Waals surface area contributed by atoms with Crippen LogP contribution in [0.1, 0.15) is 44.4 Å². The molecule has 0 radical (unpaired) electrons. The van der Waals surface area contributed by atoms with Crippen molar-refractivity contribution < 1.29 is 14.3 Å². The van der Waals surface area contributed by atoms with E-state index in [1.165, 1.54) is 9.91 Å². The van der Waals surface area contributed by atoms with Crippen molar-refractivity contribution in [1.82, 2.24) is 15.2 Å². The van der Waals surface area contributed by atoms with Crippen LogP contribution >= 0.6 is 11.6 Å². The Morgan fingerprint density at radius 1 is 1.19 bits per heavy atom. The summed E-state index contributed by atoms with van der Waals surface area (Å²) in [4.78, 5) is 27.1. The molecule has 1 atom stereocenters. The van der Waals surface area contributed by atoms with E-state index < -0.39 is 5.54 Å². The highest BCUT2D eigenvalue weighted by molar-refractivity contribution is 6.34. The zero-order valence-corrected chi connectivity index (χ0v) is 19.8. The van der Waals surface area contributed by atoms with Gasteiger partial charge in [0.25, 0.3) is 5.91 Å². The van der Waals surface area contributed by atoms with Gasteiger partial charge >= 0.3 is 6.03 Å². The zero-order valence-electron chi connectivity index (χ0n) is 19.1. The number of halogens is 1. The van der Waals surface area contributed by atoms with E-state index in [2.05, 4.69) is 10.4 Å². The smallest absolute Gasteiger partial charge is 0.318 e. The number of nitrogens with zero attached hydrogens (tertiary/aromatic N) is 3. The molecule has 0 saturated carbocycles. The maximum absolute atomic E-state index is 13.3. The molecule has 170 valence electrons. The lowest BCUT2D eigenvalue weighted by Gasteiger charge is -2.28. The van der Waals surface area contributed by atoms with Crippen LogP contribution in [0.25, 0.3) is 0 Å². The van der Waals surface area contributed by atoms with E-state index in [0.29, 0.717) is 22.9 Å².